The summed E-state index contributed by atoms with van der Waals surface area (Å²) in [5.74, 6) is -0.117. The van der Waals surface area contributed by atoms with Crippen LogP contribution < -0.4 is 9.64 Å². The summed E-state index contributed by atoms with van der Waals surface area (Å²) in [6, 6.07) is 24.1. The molecule has 1 N–H and O–H groups in total. The van der Waals surface area contributed by atoms with E-state index in [-0.39, 0.29) is 23.8 Å². The monoisotopic (exact) mass is 441 g/mol. The summed E-state index contributed by atoms with van der Waals surface area (Å²) in [6.07, 6.45) is -1.20. The van der Waals surface area contributed by atoms with Gasteiger partial charge in [-0.3, -0.25) is 9.69 Å². The molecule has 1 amide bonds. The molecule has 2 bridgehead atoms. The van der Waals surface area contributed by atoms with Crippen molar-refractivity contribution in [3.8, 4) is 5.75 Å². The van der Waals surface area contributed by atoms with E-state index in [1.165, 1.54) is 11.1 Å². The van der Waals surface area contributed by atoms with Crippen molar-refractivity contribution >= 4 is 11.6 Å². The number of hydrogen-bond donors (Lipinski definition) is 1. The van der Waals surface area contributed by atoms with Crippen LogP contribution in [0.25, 0.3) is 0 Å². The van der Waals surface area contributed by atoms with Crippen molar-refractivity contribution in [3.63, 3.8) is 0 Å². The van der Waals surface area contributed by atoms with Crippen LogP contribution in [0.1, 0.15) is 35.1 Å². The second-order valence-electron chi connectivity index (χ2n) is 9.27. The smallest absolute Gasteiger partial charge is 0.234 e. The second-order valence-corrected chi connectivity index (χ2v) is 9.27. The largest absolute Gasteiger partial charge is 0.497 e. The Labute approximate surface area is 193 Å². The lowest BCUT2D eigenvalue weighted by atomic mass is 9.45. The van der Waals surface area contributed by atoms with Gasteiger partial charge in [0.2, 0.25) is 5.91 Å². The van der Waals surface area contributed by atoms with Crippen LogP contribution in [0.2, 0.25) is 0 Å². The molecule has 3 aromatic carbocycles. The average Bonchev–Trinajstić information content (AvgIpc) is 3.14. The summed E-state index contributed by atoms with van der Waals surface area (Å²) in [4.78, 5) is 15.8. The molecule has 1 heterocycles. The molecule has 4 aliphatic rings. The van der Waals surface area contributed by atoms with Gasteiger partial charge in [0.15, 0.2) is 0 Å². The number of ether oxygens (including phenoxy) is 2. The van der Waals surface area contributed by atoms with Crippen LogP contribution in [-0.2, 0) is 14.9 Å². The quantitative estimate of drug-likeness (QED) is 0.663. The van der Waals surface area contributed by atoms with E-state index in [0.29, 0.717) is 11.4 Å². The van der Waals surface area contributed by atoms with Gasteiger partial charge in [-0.25, -0.2) is 0 Å². The molecule has 1 saturated heterocycles. The van der Waals surface area contributed by atoms with Gasteiger partial charge < -0.3 is 14.6 Å². The summed E-state index contributed by atoms with van der Waals surface area (Å²) < 4.78 is 11.3. The number of anilines is 1. The molecule has 33 heavy (non-hydrogen) atoms. The lowest BCUT2D eigenvalue weighted by Gasteiger charge is -2.57. The molecule has 4 atom stereocenters. The average molecular weight is 442 g/mol. The SMILES string of the molecule is COc1ccc(N2C(=O)[C@H]3[C@H](C4c5ccccc5C3([C@H](C)OC)c3ccccc34)[C@@H]2O)cc1. The van der Waals surface area contributed by atoms with Crippen LogP contribution >= 0.6 is 0 Å². The fourth-order valence-electron chi connectivity index (χ4n) is 6.90. The van der Waals surface area contributed by atoms with E-state index in [1.54, 1.807) is 19.1 Å². The van der Waals surface area contributed by atoms with Gasteiger partial charge in [0.1, 0.15) is 12.0 Å². The van der Waals surface area contributed by atoms with Crippen molar-refractivity contribution < 1.29 is 19.4 Å². The molecule has 5 nitrogen and oxygen atoms in total. The minimum absolute atomic E-state index is 0.0597. The maximum absolute atomic E-state index is 14.2. The van der Waals surface area contributed by atoms with Crippen LogP contribution in [-0.4, -0.2) is 37.6 Å². The molecule has 0 radical (unpaired) electrons. The predicted molar refractivity (Wildman–Crippen MR) is 125 cm³/mol. The highest BCUT2D eigenvalue weighted by Crippen LogP contribution is 2.66. The molecule has 168 valence electrons. The van der Waals surface area contributed by atoms with Crippen LogP contribution in [0, 0.1) is 11.8 Å². The molecule has 1 fully saturated rings. The van der Waals surface area contributed by atoms with E-state index >= 15 is 0 Å². The molecular weight excluding hydrogens is 414 g/mol. The second kappa shape index (κ2) is 7.17. The molecule has 0 aromatic heterocycles. The summed E-state index contributed by atoms with van der Waals surface area (Å²) in [7, 11) is 3.32. The van der Waals surface area contributed by atoms with Gasteiger partial charge in [-0.1, -0.05) is 48.5 Å². The van der Waals surface area contributed by atoms with Crippen LogP contribution in [0.15, 0.2) is 72.8 Å². The van der Waals surface area contributed by atoms with Gasteiger partial charge in [-0.05, 0) is 53.4 Å². The van der Waals surface area contributed by atoms with Crippen LogP contribution in [0.4, 0.5) is 5.69 Å². The highest BCUT2D eigenvalue weighted by atomic mass is 16.5. The van der Waals surface area contributed by atoms with Crippen molar-refractivity contribution in [1.29, 1.82) is 0 Å². The summed E-state index contributed by atoms with van der Waals surface area (Å²) in [5, 5.41) is 11.7. The van der Waals surface area contributed by atoms with Crippen LogP contribution in [0.5, 0.6) is 5.75 Å². The number of rotatable bonds is 4. The van der Waals surface area contributed by atoms with E-state index in [0.717, 1.165) is 11.1 Å². The fourth-order valence-corrected chi connectivity index (χ4v) is 6.90. The maximum Gasteiger partial charge on any atom is 0.234 e. The Hall–Kier alpha value is -3.15. The number of carbonyl (C=O) groups is 1. The number of nitrogens with zero attached hydrogens (tertiary/aromatic N) is 1. The Balaban J connectivity index is 1.62. The van der Waals surface area contributed by atoms with Crippen molar-refractivity contribution in [1.82, 2.24) is 0 Å². The Bertz CT molecular complexity index is 1190. The highest BCUT2D eigenvalue weighted by Gasteiger charge is 2.69. The number of benzene rings is 3. The zero-order chi connectivity index (χ0) is 22.9. The first kappa shape index (κ1) is 20.5. The molecule has 3 aliphatic carbocycles. The predicted octanol–water partition coefficient (Wildman–Crippen LogP) is 4.07. The van der Waals surface area contributed by atoms with E-state index in [4.69, 9.17) is 9.47 Å². The zero-order valence-electron chi connectivity index (χ0n) is 18.9. The zero-order valence-corrected chi connectivity index (χ0v) is 18.9. The van der Waals surface area contributed by atoms with Gasteiger partial charge in [-0.2, -0.15) is 0 Å². The summed E-state index contributed by atoms with van der Waals surface area (Å²) >= 11 is 0. The maximum atomic E-state index is 14.2. The van der Waals surface area contributed by atoms with E-state index in [1.807, 2.05) is 55.5 Å². The van der Waals surface area contributed by atoms with Crippen molar-refractivity contribution in [2.24, 2.45) is 11.8 Å². The molecular formula is C28H27NO4. The number of carbonyl (C=O) groups excluding carboxylic acids is 1. The Morgan fingerprint density at radius 1 is 0.909 bits per heavy atom. The number of amides is 1. The third kappa shape index (κ3) is 2.41. The van der Waals surface area contributed by atoms with E-state index in [9.17, 15) is 9.90 Å². The summed E-state index contributed by atoms with van der Waals surface area (Å²) in [5.41, 5.74) is 4.65. The topological polar surface area (TPSA) is 59.0 Å². The number of aliphatic hydroxyl groups excluding tert-OH is 1. The first-order chi connectivity index (χ1) is 16.1. The molecule has 7 rings (SSSR count). The summed E-state index contributed by atoms with van der Waals surface area (Å²) in [6.45, 7) is 2.05. The molecule has 0 unspecified atom stereocenters. The number of methoxy groups -OCH3 is 2. The molecule has 1 aliphatic heterocycles. The Morgan fingerprint density at radius 3 is 2.03 bits per heavy atom. The number of aliphatic hydroxyl groups is 1. The van der Waals surface area contributed by atoms with Gasteiger partial charge in [0.25, 0.3) is 0 Å². The first-order valence-corrected chi connectivity index (χ1v) is 11.4. The highest BCUT2D eigenvalue weighted by molar-refractivity contribution is 6.01. The van der Waals surface area contributed by atoms with Gasteiger partial charge in [0.05, 0.1) is 24.5 Å². The Morgan fingerprint density at radius 2 is 1.48 bits per heavy atom. The van der Waals surface area contributed by atoms with Crippen molar-refractivity contribution in [2.45, 2.75) is 30.6 Å². The standard InChI is InChI=1S/C28H27NO4/c1-16(32-2)28-21-10-6-4-8-19(21)23(20-9-5-7-11-22(20)28)24-25(28)27(31)29(26(24)30)17-12-14-18(33-3)15-13-17/h4-16,23-26,30H,1-3H3/t16-,23?,24-,25+,26-,28?/m0/s1. The first-order valence-electron chi connectivity index (χ1n) is 11.4. The molecule has 5 heteroatoms. The number of hydrogen-bond acceptors (Lipinski definition) is 4. The lowest BCUT2D eigenvalue weighted by Crippen LogP contribution is -2.59. The van der Waals surface area contributed by atoms with Gasteiger partial charge in [-0.15, -0.1) is 0 Å². The van der Waals surface area contributed by atoms with Crippen molar-refractivity contribution in [3.05, 3.63) is 95.1 Å². The van der Waals surface area contributed by atoms with E-state index < -0.39 is 17.6 Å². The third-order valence-corrected chi connectivity index (χ3v) is 8.20. The molecule has 0 spiro atoms. The van der Waals surface area contributed by atoms with Crippen LogP contribution in [0.3, 0.4) is 0 Å². The fraction of sp³-hybridized carbons (Fsp3) is 0.321. The van der Waals surface area contributed by atoms with Crippen molar-refractivity contribution in [2.75, 3.05) is 19.1 Å². The molecule has 0 saturated carbocycles. The lowest BCUT2D eigenvalue weighted by molar-refractivity contribution is -0.126. The third-order valence-electron chi connectivity index (χ3n) is 8.20. The normalized spacial score (nSPS) is 29.9. The van der Waals surface area contributed by atoms with Gasteiger partial charge >= 0.3 is 0 Å². The molecule has 3 aromatic rings. The minimum atomic E-state index is -0.939. The van der Waals surface area contributed by atoms with Gasteiger partial charge in [0, 0.05) is 24.6 Å². The Kier molecular flexibility index (Phi) is 4.45. The van der Waals surface area contributed by atoms with E-state index in [2.05, 4.69) is 24.3 Å². The minimum Gasteiger partial charge on any atom is -0.497 e.